The molecule has 1 atom stereocenters. The van der Waals surface area contributed by atoms with Crippen LogP contribution in [0.1, 0.15) is 23.2 Å². The highest BCUT2D eigenvalue weighted by atomic mass is 16.5. The Hall–Kier alpha value is -1.78. The molecule has 0 aliphatic rings. The van der Waals surface area contributed by atoms with Crippen molar-refractivity contribution in [2.75, 3.05) is 13.7 Å². The van der Waals surface area contributed by atoms with E-state index in [0.717, 1.165) is 17.7 Å². The standard InChI is InChI=1S/C14H17N3O/c1-18-13(11-5-3-2-4-6-11)14-16-10-8-12(17-14)7-9-15/h2-6,8,10,13H,7,9,15H2,1H3. The van der Waals surface area contributed by atoms with Crippen LogP contribution in [0.15, 0.2) is 42.6 Å². The molecule has 1 heterocycles. The van der Waals surface area contributed by atoms with Crippen LogP contribution < -0.4 is 5.73 Å². The maximum absolute atomic E-state index is 5.54. The maximum Gasteiger partial charge on any atom is 0.162 e. The molecule has 0 fully saturated rings. The zero-order valence-corrected chi connectivity index (χ0v) is 10.4. The predicted molar refractivity (Wildman–Crippen MR) is 70.1 cm³/mol. The van der Waals surface area contributed by atoms with Crippen molar-refractivity contribution in [3.05, 3.63) is 59.7 Å². The first-order chi connectivity index (χ1) is 8.85. The first-order valence-corrected chi connectivity index (χ1v) is 5.94. The van der Waals surface area contributed by atoms with Gasteiger partial charge in [-0.25, -0.2) is 9.97 Å². The summed E-state index contributed by atoms with van der Waals surface area (Å²) in [4.78, 5) is 8.79. The normalized spacial score (nSPS) is 12.3. The Kier molecular flexibility index (Phi) is 4.39. The number of hydrogen-bond donors (Lipinski definition) is 1. The molecule has 2 N–H and O–H groups in total. The van der Waals surface area contributed by atoms with Gasteiger partial charge in [0.15, 0.2) is 5.82 Å². The third kappa shape index (κ3) is 2.91. The van der Waals surface area contributed by atoms with Gasteiger partial charge >= 0.3 is 0 Å². The Balaban J connectivity index is 2.30. The lowest BCUT2D eigenvalue weighted by Gasteiger charge is -2.14. The van der Waals surface area contributed by atoms with Gasteiger partial charge in [0.2, 0.25) is 0 Å². The molecule has 0 saturated heterocycles. The smallest absolute Gasteiger partial charge is 0.162 e. The Morgan fingerprint density at radius 3 is 2.67 bits per heavy atom. The molecule has 0 saturated carbocycles. The van der Waals surface area contributed by atoms with E-state index in [1.54, 1.807) is 13.3 Å². The van der Waals surface area contributed by atoms with Gasteiger partial charge in [0, 0.05) is 25.4 Å². The minimum atomic E-state index is -0.232. The molecule has 1 aromatic carbocycles. The summed E-state index contributed by atoms with van der Waals surface area (Å²) in [5.74, 6) is 0.676. The predicted octanol–water partition coefficient (Wildman–Crippen LogP) is 1.71. The number of rotatable bonds is 5. The van der Waals surface area contributed by atoms with Crippen molar-refractivity contribution in [3.8, 4) is 0 Å². The quantitative estimate of drug-likeness (QED) is 0.868. The second kappa shape index (κ2) is 6.23. The summed E-state index contributed by atoms with van der Waals surface area (Å²) in [5.41, 5.74) is 7.53. The van der Waals surface area contributed by atoms with E-state index in [1.807, 2.05) is 36.4 Å². The van der Waals surface area contributed by atoms with E-state index in [0.29, 0.717) is 12.4 Å². The fourth-order valence-corrected chi connectivity index (χ4v) is 1.84. The van der Waals surface area contributed by atoms with Crippen LogP contribution in [0.4, 0.5) is 0 Å². The first kappa shape index (κ1) is 12.7. The fourth-order valence-electron chi connectivity index (χ4n) is 1.84. The van der Waals surface area contributed by atoms with Crippen molar-refractivity contribution in [2.24, 2.45) is 5.73 Å². The monoisotopic (exact) mass is 243 g/mol. The summed E-state index contributed by atoms with van der Waals surface area (Å²) in [6, 6.07) is 11.8. The van der Waals surface area contributed by atoms with Gasteiger partial charge in [-0.05, 0) is 18.2 Å². The lowest BCUT2D eigenvalue weighted by atomic mass is 10.1. The van der Waals surface area contributed by atoms with Gasteiger partial charge < -0.3 is 10.5 Å². The molecule has 1 aromatic heterocycles. The molecule has 0 radical (unpaired) electrons. The van der Waals surface area contributed by atoms with E-state index in [2.05, 4.69) is 9.97 Å². The Morgan fingerprint density at radius 1 is 1.22 bits per heavy atom. The zero-order valence-electron chi connectivity index (χ0n) is 10.4. The lowest BCUT2D eigenvalue weighted by molar-refractivity contribution is 0.129. The minimum absolute atomic E-state index is 0.232. The summed E-state index contributed by atoms with van der Waals surface area (Å²) in [5, 5.41) is 0. The molecule has 4 heteroatoms. The molecular formula is C14H17N3O. The van der Waals surface area contributed by atoms with Crippen molar-refractivity contribution in [2.45, 2.75) is 12.5 Å². The number of nitrogens with zero attached hydrogens (tertiary/aromatic N) is 2. The van der Waals surface area contributed by atoms with Crippen LogP contribution in [-0.4, -0.2) is 23.6 Å². The second-order valence-corrected chi connectivity index (χ2v) is 3.97. The van der Waals surface area contributed by atoms with Crippen LogP contribution in [0.5, 0.6) is 0 Å². The van der Waals surface area contributed by atoms with E-state index >= 15 is 0 Å². The van der Waals surface area contributed by atoms with Crippen molar-refractivity contribution in [3.63, 3.8) is 0 Å². The van der Waals surface area contributed by atoms with Crippen LogP contribution in [0.3, 0.4) is 0 Å². The molecule has 0 aliphatic carbocycles. The SMILES string of the molecule is COC(c1ccccc1)c1nccc(CCN)n1. The van der Waals surface area contributed by atoms with Gasteiger partial charge in [-0.2, -0.15) is 0 Å². The minimum Gasteiger partial charge on any atom is -0.369 e. The van der Waals surface area contributed by atoms with Crippen molar-refractivity contribution in [1.29, 1.82) is 0 Å². The number of benzene rings is 1. The number of methoxy groups -OCH3 is 1. The molecule has 4 nitrogen and oxygen atoms in total. The summed E-state index contributed by atoms with van der Waals surface area (Å²) < 4.78 is 5.50. The van der Waals surface area contributed by atoms with E-state index in [4.69, 9.17) is 10.5 Å². The number of hydrogen-bond acceptors (Lipinski definition) is 4. The average Bonchev–Trinajstić information content (AvgIpc) is 2.42. The van der Waals surface area contributed by atoms with Crippen molar-refractivity contribution < 1.29 is 4.74 Å². The van der Waals surface area contributed by atoms with Crippen LogP contribution in [0.2, 0.25) is 0 Å². The Morgan fingerprint density at radius 2 is 2.00 bits per heavy atom. The van der Waals surface area contributed by atoms with E-state index < -0.39 is 0 Å². The summed E-state index contributed by atoms with van der Waals surface area (Å²) in [7, 11) is 1.66. The fraction of sp³-hybridized carbons (Fsp3) is 0.286. The highest BCUT2D eigenvalue weighted by Gasteiger charge is 2.16. The molecular weight excluding hydrogens is 226 g/mol. The van der Waals surface area contributed by atoms with Crippen LogP contribution in [-0.2, 0) is 11.2 Å². The van der Waals surface area contributed by atoms with Gasteiger partial charge in [-0.3, -0.25) is 0 Å². The molecule has 0 bridgehead atoms. The van der Waals surface area contributed by atoms with Gasteiger partial charge in [-0.1, -0.05) is 30.3 Å². The molecule has 0 amide bonds. The molecule has 0 aliphatic heterocycles. The topological polar surface area (TPSA) is 61.0 Å². The van der Waals surface area contributed by atoms with Crippen molar-refractivity contribution >= 4 is 0 Å². The molecule has 2 rings (SSSR count). The molecule has 1 unspecified atom stereocenters. The number of aromatic nitrogens is 2. The van der Waals surface area contributed by atoms with E-state index in [9.17, 15) is 0 Å². The number of nitrogens with two attached hydrogens (primary N) is 1. The first-order valence-electron chi connectivity index (χ1n) is 5.94. The molecule has 0 spiro atoms. The van der Waals surface area contributed by atoms with E-state index in [1.165, 1.54) is 0 Å². The zero-order chi connectivity index (χ0) is 12.8. The Labute approximate surface area is 107 Å². The second-order valence-electron chi connectivity index (χ2n) is 3.97. The third-order valence-electron chi connectivity index (χ3n) is 2.70. The summed E-state index contributed by atoms with van der Waals surface area (Å²) in [6.07, 6.45) is 2.27. The number of ether oxygens (including phenoxy) is 1. The van der Waals surface area contributed by atoms with Crippen LogP contribution in [0.25, 0.3) is 0 Å². The van der Waals surface area contributed by atoms with Gasteiger partial charge in [0.1, 0.15) is 6.10 Å². The highest BCUT2D eigenvalue weighted by molar-refractivity contribution is 5.23. The van der Waals surface area contributed by atoms with Crippen LogP contribution in [0, 0.1) is 0 Å². The average molecular weight is 243 g/mol. The van der Waals surface area contributed by atoms with Crippen LogP contribution >= 0.6 is 0 Å². The summed E-state index contributed by atoms with van der Waals surface area (Å²) in [6.45, 7) is 0.583. The van der Waals surface area contributed by atoms with Gasteiger partial charge in [0.05, 0.1) is 0 Å². The molecule has 2 aromatic rings. The van der Waals surface area contributed by atoms with E-state index in [-0.39, 0.29) is 6.10 Å². The molecule has 18 heavy (non-hydrogen) atoms. The lowest BCUT2D eigenvalue weighted by Crippen LogP contribution is -2.11. The third-order valence-corrected chi connectivity index (χ3v) is 2.70. The summed E-state index contributed by atoms with van der Waals surface area (Å²) >= 11 is 0. The van der Waals surface area contributed by atoms with Gasteiger partial charge in [0.25, 0.3) is 0 Å². The highest BCUT2D eigenvalue weighted by Crippen LogP contribution is 2.21. The molecule has 94 valence electrons. The maximum atomic E-state index is 5.54. The van der Waals surface area contributed by atoms with Crippen molar-refractivity contribution in [1.82, 2.24) is 9.97 Å². The Bertz CT molecular complexity index is 487. The largest absolute Gasteiger partial charge is 0.369 e. The van der Waals surface area contributed by atoms with Gasteiger partial charge in [-0.15, -0.1) is 0 Å².